The number of thiophene rings is 1. The Balaban J connectivity index is 2.23. The summed E-state index contributed by atoms with van der Waals surface area (Å²) in [6.07, 6.45) is 0.222. The lowest BCUT2D eigenvalue weighted by atomic mass is 10.4. The zero-order chi connectivity index (χ0) is 12.7. The summed E-state index contributed by atoms with van der Waals surface area (Å²) in [5.41, 5.74) is 2.09. The van der Waals surface area contributed by atoms with Crippen LogP contribution in [-0.4, -0.2) is 25.2 Å². The molecule has 0 unspecified atom stereocenters. The van der Waals surface area contributed by atoms with Crippen LogP contribution in [-0.2, 0) is 16.1 Å². The van der Waals surface area contributed by atoms with Crippen LogP contribution >= 0.6 is 11.3 Å². The number of nitrogens with two attached hydrogens (primary N) is 1. The Hall–Kier alpha value is -0.950. The topological polar surface area (TPSA) is 73.6 Å². The fourth-order valence-corrected chi connectivity index (χ4v) is 2.01. The predicted octanol–water partition coefficient (Wildman–Crippen LogP) is 1.29. The lowest BCUT2D eigenvalue weighted by Gasteiger charge is -2.07. The first-order valence-corrected chi connectivity index (χ1v) is 6.24. The molecule has 17 heavy (non-hydrogen) atoms. The zero-order valence-electron chi connectivity index (χ0n) is 10.1. The second-order valence-corrected chi connectivity index (χ2v) is 4.88. The van der Waals surface area contributed by atoms with Crippen molar-refractivity contribution in [3.8, 4) is 0 Å². The summed E-state index contributed by atoms with van der Waals surface area (Å²) < 4.78 is 10.8. The third-order valence-electron chi connectivity index (χ3n) is 1.94. The molecule has 0 saturated heterocycles. The van der Waals surface area contributed by atoms with Gasteiger partial charge in [-0.25, -0.2) is 5.84 Å². The molecule has 0 saturated carbocycles. The number of ether oxygens (including phenoxy) is 2. The summed E-state index contributed by atoms with van der Waals surface area (Å²) in [6.45, 7) is 5.59. The minimum Gasteiger partial charge on any atom is -0.376 e. The average Bonchev–Trinajstić information content (AvgIpc) is 2.76. The first kappa shape index (κ1) is 14.1. The number of hydrazine groups is 1. The Kier molecular flexibility index (Phi) is 6.13. The fraction of sp³-hybridized carbons (Fsp3) is 0.545. The molecule has 1 aromatic rings. The summed E-state index contributed by atoms with van der Waals surface area (Å²) in [7, 11) is 0. The molecule has 96 valence electrons. The van der Waals surface area contributed by atoms with Crippen molar-refractivity contribution >= 4 is 17.2 Å². The van der Waals surface area contributed by atoms with E-state index in [1.54, 1.807) is 6.07 Å². The molecule has 5 nitrogen and oxygen atoms in total. The lowest BCUT2D eigenvalue weighted by molar-refractivity contribution is 0.0149. The molecular formula is C11H18N2O3S. The maximum Gasteiger partial charge on any atom is 0.275 e. The van der Waals surface area contributed by atoms with E-state index in [-0.39, 0.29) is 12.0 Å². The van der Waals surface area contributed by atoms with Gasteiger partial charge in [0.05, 0.1) is 30.8 Å². The minimum atomic E-state index is -0.274. The number of carbonyl (C=O) groups is 1. The highest BCUT2D eigenvalue weighted by Crippen LogP contribution is 2.16. The van der Waals surface area contributed by atoms with E-state index in [4.69, 9.17) is 15.3 Å². The van der Waals surface area contributed by atoms with Crippen LogP contribution in [0.2, 0.25) is 0 Å². The number of hydrogen-bond donors (Lipinski definition) is 2. The molecule has 1 heterocycles. The Bertz CT molecular complexity index is 352. The normalized spacial score (nSPS) is 10.8. The molecule has 1 aromatic heterocycles. The smallest absolute Gasteiger partial charge is 0.275 e. The molecule has 0 aliphatic carbocycles. The quantitative estimate of drug-likeness (QED) is 0.334. The van der Waals surface area contributed by atoms with Crippen LogP contribution in [0.5, 0.6) is 0 Å². The molecule has 1 amide bonds. The van der Waals surface area contributed by atoms with Gasteiger partial charge in [0, 0.05) is 4.88 Å². The molecule has 0 spiro atoms. The standard InChI is InChI=1S/C11H18N2O3S/c1-8(2)16-6-5-15-7-9-3-4-10(17-9)11(14)13-12/h3-4,8H,5-7,12H2,1-2H3,(H,13,14). The van der Waals surface area contributed by atoms with Crippen LogP contribution in [0.25, 0.3) is 0 Å². The highest BCUT2D eigenvalue weighted by molar-refractivity contribution is 7.14. The van der Waals surface area contributed by atoms with E-state index in [0.717, 1.165) is 4.88 Å². The molecule has 0 bridgehead atoms. The van der Waals surface area contributed by atoms with E-state index in [1.165, 1.54) is 11.3 Å². The van der Waals surface area contributed by atoms with E-state index < -0.39 is 0 Å². The van der Waals surface area contributed by atoms with Crippen molar-refractivity contribution in [3.05, 3.63) is 21.9 Å². The number of rotatable bonds is 7. The Morgan fingerprint density at radius 3 is 2.88 bits per heavy atom. The van der Waals surface area contributed by atoms with E-state index in [9.17, 15) is 4.79 Å². The van der Waals surface area contributed by atoms with Crippen molar-refractivity contribution < 1.29 is 14.3 Å². The van der Waals surface area contributed by atoms with Crippen molar-refractivity contribution in [1.82, 2.24) is 5.43 Å². The maximum atomic E-state index is 11.2. The minimum absolute atomic E-state index is 0.222. The number of hydrogen-bond acceptors (Lipinski definition) is 5. The molecular weight excluding hydrogens is 240 g/mol. The number of nitrogens with one attached hydrogen (secondary N) is 1. The molecule has 0 aliphatic heterocycles. The summed E-state index contributed by atoms with van der Waals surface area (Å²) in [5, 5.41) is 0. The van der Waals surface area contributed by atoms with Crippen LogP contribution < -0.4 is 11.3 Å². The van der Waals surface area contributed by atoms with Crippen molar-refractivity contribution in [1.29, 1.82) is 0 Å². The third-order valence-corrected chi connectivity index (χ3v) is 3.00. The highest BCUT2D eigenvalue weighted by atomic mass is 32.1. The van der Waals surface area contributed by atoms with Crippen molar-refractivity contribution in [3.63, 3.8) is 0 Å². The molecule has 0 fully saturated rings. The van der Waals surface area contributed by atoms with Crippen LogP contribution in [0.4, 0.5) is 0 Å². The van der Waals surface area contributed by atoms with Crippen LogP contribution in [0.15, 0.2) is 12.1 Å². The number of nitrogen functional groups attached to an aromatic ring is 1. The predicted molar refractivity (Wildman–Crippen MR) is 66.7 cm³/mol. The summed E-state index contributed by atoms with van der Waals surface area (Å²) in [6, 6.07) is 3.59. The molecule has 6 heteroatoms. The van der Waals surface area contributed by atoms with E-state index in [0.29, 0.717) is 24.7 Å². The van der Waals surface area contributed by atoms with E-state index in [1.807, 2.05) is 19.9 Å². The molecule has 0 aromatic carbocycles. The third kappa shape index (κ3) is 5.27. The van der Waals surface area contributed by atoms with E-state index >= 15 is 0 Å². The maximum absolute atomic E-state index is 11.2. The van der Waals surface area contributed by atoms with Crippen LogP contribution in [0, 0.1) is 0 Å². The van der Waals surface area contributed by atoms with Gasteiger partial charge in [-0.3, -0.25) is 10.2 Å². The van der Waals surface area contributed by atoms with Gasteiger partial charge in [-0.2, -0.15) is 0 Å². The lowest BCUT2D eigenvalue weighted by Crippen LogP contribution is -2.29. The number of carbonyl (C=O) groups excluding carboxylic acids is 1. The van der Waals surface area contributed by atoms with Gasteiger partial charge in [-0.1, -0.05) is 0 Å². The van der Waals surface area contributed by atoms with Gasteiger partial charge in [0.2, 0.25) is 0 Å². The van der Waals surface area contributed by atoms with Crippen molar-refractivity contribution in [2.75, 3.05) is 13.2 Å². The van der Waals surface area contributed by atoms with Gasteiger partial charge in [0.1, 0.15) is 0 Å². The fourth-order valence-electron chi connectivity index (χ4n) is 1.16. The van der Waals surface area contributed by atoms with Gasteiger partial charge in [-0.05, 0) is 26.0 Å². The molecule has 0 aliphatic rings. The number of amides is 1. The summed E-state index contributed by atoms with van der Waals surface area (Å²) in [5.74, 6) is 4.77. The SMILES string of the molecule is CC(C)OCCOCc1ccc(C(=O)NN)s1. The molecule has 0 atom stereocenters. The highest BCUT2D eigenvalue weighted by Gasteiger charge is 2.07. The van der Waals surface area contributed by atoms with Gasteiger partial charge in [-0.15, -0.1) is 11.3 Å². The average molecular weight is 258 g/mol. The van der Waals surface area contributed by atoms with Gasteiger partial charge in [0.15, 0.2) is 0 Å². The Morgan fingerprint density at radius 2 is 2.24 bits per heavy atom. The van der Waals surface area contributed by atoms with Crippen molar-refractivity contribution in [2.24, 2.45) is 5.84 Å². The molecule has 1 rings (SSSR count). The van der Waals surface area contributed by atoms with Crippen LogP contribution in [0.1, 0.15) is 28.4 Å². The second-order valence-electron chi connectivity index (χ2n) is 3.71. The van der Waals surface area contributed by atoms with Crippen LogP contribution in [0.3, 0.4) is 0 Å². The monoisotopic (exact) mass is 258 g/mol. The van der Waals surface area contributed by atoms with E-state index in [2.05, 4.69) is 5.43 Å². The molecule has 3 N–H and O–H groups in total. The summed E-state index contributed by atoms with van der Waals surface area (Å²) >= 11 is 1.37. The van der Waals surface area contributed by atoms with Gasteiger partial charge < -0.3 is 9.47 Å². The first-order valence-electron chi connectivity index (χ1n) is 5.42. The Morgan fingerprint density at radius 1 is 1.47 bits per heavy atom. The van der Waals surface area contributed by atoms with Gasteiger partial charge in [0.25, 0.3) is 5.91 Å². The largest absolute Gasteiger partial charge is 0.376 e. The Labute approximate surface area is 105 Å². The second kappa shape index (κ2) is 7.39. The summed E-state index contributed by atoms with van der Waals surface area (Å²) in [4.78, 5) is 12.8. The van der Waals surface area contributed by atoms with Gasteiger partial charge >= 0.3 is 0 Å². The first-order chi connectivity index (χ1) is 8.13. The zero-order valence-corrected chi connectivity index (χ0v) is 10.9. The van der Waals surface area contributed by atoms with Crippen molar-refractivity contribution in [2.45, 2.75) is 26.6 Å². The molecule has 0 radical (unpaired) electrons.